The lowest BCUT2D eigenvalue weighted by Crippen LogP contribution is -2.45. The molecule has 3 aromatic carbocycles. The molecule has 4 rings (SSSR count). The minimum Gasteiger partial charge on any atom is -0.457 e. The molecule has 1 fully saturated rings. The van der Waals surface area contributed by atoms with Gasteiger partial charge in [-0.25, -0.2) is 0 Å². The molecule has 1 saturated heterocycles. The molecule has 3 nitrogen and oxygen atoms in total. The molecule has 0 aromatic heterocycles. The average Bonchev–Trinajstić information content (AvgIpc) is 2.75. The first kappa shape index (κ1) is 20.4. The Morgan fingerprint density at radius 1 is 0.767 bits per heavy atom. The van der Waals surface area contributed by atoms with Crippen molar-refractivity contribution < 1.29 is 17.9 Å². The van der Waals surface area contributed by atoms with Gasteiger partial charge < -0.3 is 10.1 Å². The van der Waals surface area contributed by atoms with Crippen molar-refractivity contribution in [2.75, 3.05) is 26.2 Å². The van der Waals surface area contributed by atoms with Crippen LogP contribution in [0.15, 0.2) is 78.9 Å². The van der Waals surface area contributed by atoms with E-state index >= 15 is 0 Å². The number of hydrogen-bond donors (Lipinski definition) is 1. The first-order valence-electron chi connectivity index (χ1n) is 9.95. The molecule has 1 unspecified atom stereocenters. The van der Waals surface area contributed by atoms with Gasteiger partial charge in [0.25, 0.3) is 0 Å². The Bertz CT molecular complexity index is 969. The fraction of sp³-hybridized carbons (Fsp3) is 0.250. The summed E-state index contributed by atoms with van der Waals surface area (Å²) in [5.74, 6) is 1.37. The topological polar surface area (TPSA) is 24.5 Å². The van der Waals surface area contributed by atoms with Crippen molar-refractivity contribution in [3.8, 4) is 11.5 Å². The summed E-state index contributed by atoms with van der Waals surface area (Å²) in [7, 11) is 0. The largest absolute Gasteiger partial charge is 0.457 e. The molecule has 0 bridgehead atoms. The van der Waals surface area contributed by atoms with E-state index in [2.05, 4.69) is 10.2 Å². The van der Waals surface area contributed by atoms with E-state index in [1.807, 2.05) is 54.6 Å². The number of nitrogens with zero attached hydrogens (tertiary/aromatic N) is 1. The fourth-order valence-corrected chi connectivity index (χ4v) is 3.81. The van der Waals surface area contributed by atoms with E-state index < -0.39 is 11.7 Å². The molecule has 0 spiro atoms. The van der Waals surface area contributed by atoms with Gasteiger partial charge in [-0.3, -0.25) is 4.90 Å². The summed E-state index contributed by atoms with van der Waals surface area (Å²) in [5, 5.41) is 3.31. The Morgan fingerprint density at radius 3 is 2.10 bits per heavy atom. The molecule has 1 aliphatic rings. The van der Waals surface area contributed by atoms with E-state index in [-0.39, 0.29) is 6.04 Å². The Hall–Kier alpha value is -2.83. The minimum absolute atomic E-state index is 0.284. The van der Waals surface area contributed by atoms with Gasteiger partial charge in [0.1, 0.15) is 11.5 Å². The maximum absolute atomic E-state index is 13.3. The van der Waals surface area contributed by atoms with Crippen LogP contribution in [0.4, 0.5) is 13.2 Å². The zero-order valence-corrected chi connectivity index (χ0v) is 16.4. The van der Waals surface area contributed by atoms with Crippen molar-refractivity contribution in [2.45, 2.75) is 12.2 Å². The average molecular weight is 412 g/mol. The Kier molecular flexibility index (Phi) is 6.06. The van der Waals surface area contributed by atoms with Crippen LogP contribution in [0, 0.1) is 0 Å². The summed E-state index contributed by atoms with van der Waals surface area (Å²) < 4.78 is 46.0. The summed E-state index contributed by atoms with van der Waals surface area (Å²) in [6.45, 7) is 3.11. The number of nitrogens with one attached hydrogen (secondary N) is 1. The Balaban J connectivity index is 1.71. The molecule has 0 aliphatic carbocycles. The maximum Gasteiger partial charge on any atom is 0.416 e. The van der Waals surface area contributed by atoms with Crippen molar-refractivity contribution in [1.82, 2.24) is 10.2 Å². The molecule has 1 atom stereocenters. The van der Waals surface area contributed by atoms with Crippen LogP contribution in [-0.4, -0.2) is 31.1 Å². The maximum atomic E-state index is 13.3. The van der Waals surface area contributed by atoms with E-state index in [1.54, 1.807) is 6.07 Å². The van der Waals surface area contributed by atoms with Crippen LogP contribution in [0.1, 0.15) is 22.7 Å². The second-order valence-corrected chi connectivity index (χ2v) is 7.30. The van der Waals surface area contributed by atoms with E-state index in [0.29, 0.717) is 17.1 Å². The SMILES string of the molecule is FC(F)(F)c1cccc(C(c2cccc(Oc3ccccc3)c2)N2CCNCC2)c1. The molecular formula is C24H23F3N2O. The molecule has 1 aliphatic heterocycles. The lowest BCUT2D eigenvalue weighted by atomic mass is 9.94. The lowest BCUT2D eigenvalue weighted by molar-refractivity contribution is -0.137. The molecule has 156 valence electrons. The summed E-state index contributed by atoms with van der Waals surface area (Å²) in [4.78, 5) is 2.22. The number of ether oxygens (including phenoxy) is 1. The molecule has 1 heterocycles. The highest BCUT2D eigenvalue weighted by Gasteiger charge is 2.32. The molecule has 30 heavy (non-hydrogen) atoms. The van der Waals surface area contributed by atoms with Crippen LogP contribution < -0.4 is 10.1 Å². The summed E-state index contributed by atoms with van der Waals surface area (Å²) >= 11 is 0. The van der Waals surface area contributed by atoms with Gasteiger partial charge in [-0.15, -0.1) is 0 Å². The first-order chi connectivity index (χ1) is 14.5. The number of piperazine rings is 1. The smallest absolute Gasteiger partial charge is 0.416 e. The van der Waals surface area contributed by atoms with Crippen molar-refractivity contribution >= 4 is 0 Å². The molecule has 0 saturated carbocycles. The van der Waals surface area contributed by atoms with Gasteiger partial charge in [0.15, 0.2) is 0 Å². The highest BCUT2D eigenvalue weighted by atomic mass is 19.4. The number of benzene rings is 3. The summed E-state index contributed by atoms with van der Waals surface area (Å²) in [5.41, 5.74) is 0.907. The number of rotatable bonds is 5. The predicted molar refractivity (Wildman–Crippen MR) is 111 cm³/mol. The fourth-order valence-electron chi connectivity index (χ4n) is 3.81. The van der Waals surface area contributed by atoms with E-state index in [4.69, 9.17) is 4.74 Å². The van der Waals surface area contributed by atoms with Crippen molar-refractivity contribution in [1.29, 1.82) is 0 Å². The zero-order chi connectivity index (χ0) is 21.0. The van der Waals surface area contributed by atoms with Crippen LogP contribution >= 0.6 is 0 Å². The van der Waals surface area contributed by atoms with Gasteiger partial charge in [-0.1, -0.05) is 42.5 Å². The Morgan fingerprint density at radius 2 is 1.40 bits per heavy atom. The number of hydrogen-bond acceptors (Lipinski definition) is 3. The first-order valence-corrected chi connectivity index (χ1v) is 9.95. The number of para-hydroxylation sites is 1. The van der Waals surface area contributed by atoms with Crippen molar-refractivity contribution in [3.05, 3.63) is 95.6 Å². The summed E-state index contributed by atoms with van der Waals surface area (Å²) in [6, 6.07) is 22.4. The standard InChI is InChI=1S/C24H23F3N2O/c25-24(26,27)20-8-4-6-18(16-20)23(29-14-12-28-13-15-29)19-7-5-11-22(17-19)30-21-9-2-1-3-10-21/h1-11,16-17,23,28H,12-15H2. The molecule has 0 amide bonds. The molecule has 0 radical (unpaired) electrons. The molecule has 6 heteroatoms. The minimum atomic E-state index is -4.37. The Labute approximate surface area is 174 Å². The van der Waals surface area contributed by atoms with Gasteiger partial charge >= 0.3 is 6.18 Å². The van der Waals surface area contributed by atoms with Gasteiger partial charge in [0, 0.05) is 26.2 Å². The number of alkyl halides is 3. The van der Waals surface area contributed by atoms with Crippen LogP contribution in [0.5, 0.6) is 11.5 Å². The van der Waals surface area contributed by atoms with Crippen molar-refractivity contribution in [3.63, 3.8) is 0 Å². The number of halogens is 3. The van der Waals surface area contributed by atoms with Crippen LogP contribution in [0.25, 0.3) is 0 Å². The van der Waals surface area contributed by atoms with Crippen molar-refractivity contribution in [2.24, 2.45) is 0 Å². The van der Waals surface area contributed by atoms with Gasteiger partial charge in [0.05, 0.1) is 11.6 Å². The highest BCUT2D eigenvalue weighted by Crippen LogP contribution is 2.36. The van der Waals surface area contributed by atoms with Gasteiger partial charge in [0.2, 0.25) is 0 Å². The third kappa shape index (κ3) is 4.83. The van der Waals surface area contributed by atoms with Crippen LogP contribution in [0.2, 0.25) is 0 Å². The summed E-state index contributed by atoms with van der Waals surface area (Å²) in [6.07, 6.45) is -4.37. The predicted octanol–water partition coefficient (Wildman–Crippen LogP) is 5.49. The second-order valence-electron chi connectivity index (χ2n) is 7.30. The quantitative estimate of drug-likeness (QED) is 0.600. The molecular weight excluding hydrogens is 389 g/mol. The van der Waals surface area contributed by atoms with Gasteiger partial charge in [-0.2, -0.15) is 13.2 Å². The zero-order valence-electron chi connectivity index (χ0n) is 16.4. The van der Waals surface area contributed by atoms with E-state index in [1.165, 1.54) is 12.1 Å². The second kappa shape index (κ2) is 8.90. The van der Waals surface area contributed by atoms with E-state index in [9.17, 15) is 13.2 Å². The monoisotopic (exact) mass is 412 g/mol. The van der Waals surface area contributed by atoms with Crippen LogP contribution in [0.3, 0.4) is 0 Å². The third-order valence-electron chi connectivity index (χ3n) is 5.20. The molecule has 1 N–H and O–H groups in total. The lowest BCUT2D eigenvalue weighted by Gasteiger charge is -2.36. The molecule has 3 aromatic rings. The third-order valence-corrected chi connectivity index (χ3v) is 5.20. The van der Waals surface area contributed by atoms with E-state index in [0.717, 1.165) is 37.8 Å². The normalized spacial score (nSPS) is 16.2. The highest BCUT2D eigenvalue weighted by molar-refractivity contribution is 5.40. The van der Waals surface area contributed by atoms with Crippen LogP contribution in [-0.2, 0) is 6.18 Å². The van der Waals surface area contributed by atoms with Gasteiger partial charge in [-0.05, 0) is 47.5 Å².